The van der Waals surface area contributed by atoms with Gasteiger partial charge in [0.2, 0.25) is 5.91 Å². The first-order valence-corrected chi connectivity index (χ1v) is 8.21. The molecule has 24 heavy (non-hydrogen) atoms. The average Bonchev–Trinajstić information content (AvgIpc) is 2.60. The second-order valence-electron chi connectivity index (χ2n) is 5.50. The van der Waals surface area contributed by atoms with Crippen LogP contribution in [0.4, 0.5) is 0 Å². The third kappa shape index (κ3) is 5.78. The second-order valence-corrected chi connectivity index (χ2v) is 5.94. The summed E-state index contributed by atoms with van der Waals surface area (Å²) in [5.74, 6) is 1.68. The van der Waals surface area contributed by atoms with Crippen LogP contribution in [0.15, 0.2) is 48.5 Å². The number of carbonyl (C=O) groups excluding carboxylic acids is 1. The second kappa shape index (κ2) is 9.18. The van der Waals surface area contributed by atoms with Crippen LogP contribution in [0.1, 0.15) is 18.4 Å². The molecule has 5 heteroatoms. The molecule has 0 saturated heterocycles. The summed E-state index contributed by atoms with van der Waals surface area (Å²) in [5, 5.41) is 0.678. The van der Waals surface area contributed by atoms with Crippen LogP contribution < -0.4 is 9.47 Å². The molecule has 0 fully saturated rings. The van der Waals surface area contributed by atoms with E-state index in [1.54, 1.807) is 24.1 Å². The summed E-state index contributed by atoms with van der Waals surface area (Å²) in [4.78, 5) is 13.9. The largest absolute Gasteiger partial charge is 0.497 e. The Bertz CT molecular complexity index is 641. The van der Waals surface area contributed by atoms with Crippen LogP contribution in [0, 0.1) is 0 Å². The molecule has 0 N–H and O–H groups in total. The van der Waals surface area contributed by atoms with Gasteiger partial charge in [-0.15, -0.1) is 0 Å². The molecule has 0 heterocycles. The number of hydrogen-bond acceptors (Lipinski definition) is 3. The zero-order valence-corrected chi connectivity index (χ0v) is 14.8. The zero-order valence-electron chi connectivity index (χ0n) is 14.0. The first kappa shape index (κ1) is 18.1. The standard InChI is InChI=1S/C19H22ClNO3/c1-21(14-15-5-9-17(23-2)10-6-15)19(22)4-3-13-24-18-11-7-16(20)8-12-18/h5-12H,3-4,13-14H2,1-2H3. The number of hydrogen-bond donors (Lipinski definition) is 0. The first-order valence-electron chi connectivity index (χ1n) is 7.84. The molecule has 0 aliphatic heterocycles. The lowest BCUT2D eigenvalue weighted by Crippen LogP contribution is -2.26. The maximum Gasteiger partial charge on any atom is 0.222 e. The Labute approximate surface area is 147 Å². The van der Waals surface area contributed by atoms with Gasteiger partial charge in [0.25, 0.3) is 0 Å². The van der Waals surface area contributed by atoms with Gasteiger partial charge in [0.15, 0.2) is 0 Å². The minimum atomic E-state index is 0.102. The summed E-state index contributed by atoms with van der Waals surface area (Å²) in [6.45, 7) is 1.09. The minimum absolute atomic E-state index is 0.102. The number of amides is 1. The highest BCUT2D eigenvalue weighted by molar-refractivity contribution is 6.30. The topological polar surface area (TPSA) is 38.8 Å². The van der Waals surface area contributed by atoms with E-state index in [0.29, 0.717) is 31.0 Å². The van der Waals surface area contributed by atoms with E-state index in [1.807, 2.05) is 43.4 Å². The van der Waals surface area contributed by atoms with E-state index in [-0.39, 0.29) is 5.91 Å². The lowest BCUT2D eigenvalue weighted by atomic mass is 10.2. The van der Waals surface area contributed by atoms with Crippen molar-refractivity contribution in [2.75, 3.05) is 20.8 Å². The number of ether oxygens (including phenoxy) is 2. The third-order valence-electron chi connectivity index (χ3n) is 3.62. The first-order chi connectivity index (χ1) is 11.6. The van der Waals surface area contributed by atoms with Crippen molar-refractivity contribution < 1.29 is 14.3 Å². The lowest BCUT2D eigenvalue weighted by molar-refractivity contribution is -0.130. The summed E-state index contributed by atoms with van der Waals surface area (Å²) in [7, 11) is 3.45. The van der Waals surface area contributed by atoms with Crippen molar-refractivity contribution in [3.05, 3.63) is 59.1 Å². The van der Waals surface area contributed by atoms with E-state index in [1.165, 1.54) is 0 Å². The molecule has 2 aromatic carbocycles. The fourth-order valence-corrected chi connectivity index (χ4v) is 2.35. The van der Waals surface area contributed by atoms with Crippen LogP contribution in [0.25, 0.3) is 0 Å². The van der Waals surface area contributed by atoms with E-state index in [9.17, 15) is 4.79 Å². The molecule has 0 saturated carbocycles. The molecule has 1 amide bonds. The smallest absolute Gasteiger partial charge is 0.222 e. The molecule has 0 bridgehead atoms. The predicted octanol–water partition coefficient (Wildman–Crippen LogP) is 4.17. The maximum absolute atomic E-state index is 12.2. The molecule has 2 aromatic rings. The van der Waals surface area contributed by atoms with Gasteiger partial charge in [-0.1, -0.05) is 23.7 Å². The maximum atomic E-state index is 12.2. The number of methoxy groups -OCH3 is 1. The Morgan fingerprint density at radius 2 is 1.67 bits per heavy atom. The Kier molecular flexibility index (Phi) is 6.94. The Morgan fingerprint density at radius 3 is 2.29 bits per heavy atom. The van der Waals surface area contributed by atoms with Crippen molar-refractivity contribution in [3.8, 4) is 11.5 Å². The quantitative estimate of drug-likeness (QED) is 0.673. The van der Waals surface area contributed by atoms with Crippen LogP contribution >= 0.6 is 11.6 Å². The third-order valence-corrected chi connectivity index (χ3v) is 3.87. The summed E-state index contributed by atoms with van der Waals surface area (Å²) >= 11 is 5.82. The Morgan fingerprint density at radius 1 is 1.04 bits per heavy atom. The van der Waals surface area contributed by atoms with Crippen molar-refractivity contribution in [1.82, 2.24) is 4.90 Å². The molecule has 0 spiro atoms. The SMILES string of the molecule is COc1ccc(CN(C)C(=O)CCCOc2ccc(Cl)cc2)cc1. The van der Waals surface area contributed by atoms with Gasteiger partial charge in [-0.25, -0.2) is 0 Å². The molecular formula is C19H22ClNO3. The van der Waals surface area contributed by atoms with Crippen molar-refractivity contribution >= 4 is 17.5 Å². The lowest BCUT2D eigenvalue weighted by Gasteiger charge is -2.17. The van der Waals surface area contributed by atoms with E-state index in [2.05, 4.69) is 0 Å². The number of halogens is 1. The summed E-state index contributed by atoms with van der Waals surface area (Å²) in [5.41, 5.74) is 1.07. The molecule has 0 unspecified atom stereocenters. The van der Waals surface area contributed by atoms with Crippen molar-refractivity contribution in [3.63, 3.8) is 0 Å². The minimum Gasteiger partial charge on any atom is -0.497 e. The summed E-state index contributed by atoms with van der Waals surface area (Å²) in [6.07, 6.45) is 1.13. The molecule has 2 rings (SSSR count). The number of carbonyl (C=O) groups is 1. The summed E-state index contributed by atoms with van der Waals surface area (Å²) in [6, 6.07) is 14.9. The Balaban J connectivity index is 1.70. The van der Waals surface area contributed by atoms with Crippen LogP contribution in [0.5, 0.6) is 11.5 Å². The number of benzene rings is 2. The van der Waals surface area contributed by atoms with Gasteiger partial charge in [0.05, 0.1) is 13.7 Å². The predicted molar refractivity (Wildman–Crippen MR) is 95.6 cm³/mol. The summed E-state index contributed by atoms with van der Waals surface area (Å²) < 4.78 is 10.7. The molecule has 0 atom stereocenters. The highest BCUT2D eigenvalue weighted by atomic mass is 35.5. The van der Waals surface area contributed by atoms with Crippen molar-refractivity contribution in [2.24, 2.45) is 0 Å². The normalized spacial score (nSPS) is 10.3. The van der Waals surface area contributed by atoms with Crippen LogP contribution in [0.3, 0.4) is 0 Å². The molecule has 0 aliphatic carbocycles. The van der Waals surface area contributed by atoms with Crippen molar-refractivity contribution in [2.45, 2.75) is 19.4 Å². The van der Waals surface area contributed by atoms with Crippen LogP contribution in [0.2, 0.25) is 5.02 Å². The highest BCUT2D eigenvalue weighted by Crippen LogP contribution is 2.16. The van der Waals surface area contributed by atoms with E-state index >= 15 is 0 Å². The number of nitrogens with zero attached hydrogens (tertiary/aromatic N) is 1. The van der Waals surface area contributed by atoms with Gasteiger partial charge in [-0.2, -0.15) is 0 Å². The molecule has 0 aromatic heterocycles. The van der Waals surface area contributed by atoms with Gasteiger partial charge in [-0.05, 0) is 48.4 Å². The molecule has 0 aliphatic rings. The molecule has 4 nitrogen and oxygen atoms in total. The molecule has 0 radical (unpaired) electrons. The fourth-order valence-electron chi connectivity index (χ4n) is 2.23. The van der Waals surface area contributed by atoms with Crippen molar-refractivity contribution in [1.29, 1.82) is 0 Å². The fraction of sp³-hybridized carbons (Fsp3) is 0.316. The van der Waals surface area contributed by atoms with Gasteiger partial charge < -0.3 is 14.4 Å². The van der Waals surface area contributed by atoms with Gasteiger partial charge in [-0.3, -0.25) is 4.79 Å². The number of rotatable bonds is 8. The highest BCUT2D eigenvalue weighted by Gasteiger charge is 2.09. The van der Waals surface area contributed by atoms with Gasteiger partial charge in [0, 0.05) is 25.0 Å². The zero-order chi connectivity index (χ0) is 17.4. The van der Waals surface area contributed by atoms with Crippen LogP contribution in [-0.4, -0.2) is 31.6 Å². The van der Waals surface area contributed by atoms with Gasteiger partial charge >= 0.3 is 0 Å². The average molecular weight is 348 g/mol. The van der Waals surface area contributed by atoms with E-state index in [4.69, 9.17) is 21.1 Å². The van der Waals surface area contributed by atoms with E-state index < -0.39 is 0 Å². The van der Waals surface area contributed by atoms with Crippen LogP contribution in [-0.2, 0) is 11.3 Å². The molecular weight excluding hydrogens is 326 g/mol. The monoisotopic (exact) mass is 347 g/mol. The Hall–Kier alpha value is -2.20. The van der Waals surface area contributed by atoms with E-state index in [0.717, 1.165) is 17.1 Å². The molecule has 128 valence electrons. The van der Waals surface area contributed by atoms with Gasteiger partial charge in [0.1, 0.15) is 11.5 Å².